The molecular formula is C16H14N2O2S2. The maximum Gasteiger partial charge on any atom is 0.206 e. The first-order chi connectivity index (χ1) is 10.6. The molecule has 0 amide bonds. The minimum atomic E-state index is -0.314. The van der Waals surface area contributed by atoms with E-state index < -0.39 is 0 Å². The smallest absolute Gasteiger partial charge is 0.206 e. The molecule has 1 heterocycles. The van der Waals surface area contributed by atoms with Crippen LogP contribution in [0.5, 0.6) is 0 Å². The Morgan fingerprint density at radius 3 is 2.41 bits per heavy atom. The van der Waals surface area contributed by atoms with Gasteiger partial charge in [-0.1, -0.05) is 12.1 Å². The van der Waals surface area contributed by atoms with Crippen molar-refractivity contribution < 1.29 is 9.59 Å². The highest BCUT2D eigenvalue weighted by molar-refractivity contribution is 8.03. The van der Waals surface area contributed by atoms with Crippen LogP contribution in [0.15, 0.2) is 62.0 Å². The molecule has 1 aromatic rings. The van der Waals surface area contributed by atoms with Gasteiger partial charge < -0.3 is 0 Å². The Hall–Kier alpha value is -2.05. The summed E-state index contributed by atoms with van der Waals surface area (Å²) in [6, 6.07) is 3.78. The average Bonchev–Trinajstić information content (AvgIpc) is 3.03. The lowest BCUT2D eigenvalue weighted by Gasteiger charge is -2.05. The van der Waals surface area contributed by atoms with E-state index in [1.54, 1.807) is 12.4 Å². The highest BCUT2D eigenvalue weighted by atomic mass is 32.2. The number of carbonyl (C=O) groups is 2. The van der Waals surface area contributed by atoms with Crippen molar-refractivity contribution in [3.63, 3.8) is 0 Å². The summed E-state index contributed by atoms with van der Waals surface area (Å²) < 4.78 is 0. The topological polar surface area (TPSA) is 58.9 Å². The van der Waals surface area contributed by atoms with Crippen LogP contribution in [0.1, 0.15) is 11.8 Å². The number of carbonyl (C=O) groups excluding carboxylic acids is 2. The van der Waals surface area contributed by atoms with E-state index >= 15 is 0 Å². The monoisotopic (exact) mass is 330 g/mol. The molecule has 0 spiro atoms. The Kier molecular flexibility index (Phi) is 5.80. The molecule has 1 aliphatic rings. The molecule has 0 fully saturated rings. The Balaban J connectivity index is 2.13. The Morgan fingerprint density at radius 1 is 1.18 bits per heavy atom. The minimum Gasteiger partial charge on any atom is -0.287 e. The lowest BCUT2D eigenvalue weighted by Crippen LogP contribution is -2.11. The number of nitrogens with zero attached hydrogens (tertiary/aromatic N) is 2. The van der Waals surface area contributed by atoms with Gasteiger partial charge in [-0.3, -0.25) is 19.6 Å². The third kappa shape index (κ3) is 4.22. The van der Waals surface area contributed by atoms with Gasteiger partial charge in [0.2, 0.25) is 11.6 Å². The Morgan fingerprint density at radius 2 is 1.86 bits per heavy atom. The highest BCUT2D eigenvalue weighted by Gasteiger charge is 2.19. The van der Waals surface area contributed by atoms with Crippen LogP contribution in [0.25, 0.3) is 0 Å². The van der Waals surface area contributed by atoms with E-state index in [0.717, 1.165) is 9.78 Å². The lowest BCUT2D eigenvalue weighted by atomic mass is 10.1. The Bertz CT molecular complexity index is 723. The number of hydrogen-bond acceptors (Lipinski definition) is 6. The normalized spacial score (nSPS) is 16.5. The molecule has 0 atom stereocenters. The molecule has 1 aliphatic carbocycles. The van der Waals surface area contributed by atoms with Crippen LogP contribution in [0.3, 0.4) is 0 Å². The van der Waals surface area contributed by atoms with Crippen molar-refractivity contribution in [3.8, 4) is 0 Å². The number of hydrogen-bond donors (Lipinski definition) is 0. The summed E-state index contributed by atoms with van der Waals surface area (Å²) in [5.74, 6) is -0.628. The van der Waals surface area contributed by atoms with Crippen LogP contribution >= 0.6 is 23.1 Å². The summed E-state index contributed by atoms with van der Waals surface area (Å²) in [5, 5.41) is 1.92. The van der Waals surface area contributed by atoms with E-state index in [4.69, 9.17) is 0 Å². The van der Waals surface area contributed by atoms with Crippen molar-refractivity contribution >= 4 is 47.1 Å². The van der Waals surface area contributed by atoms with Crippen molar-refractivity contribution in [2.45, 2.75) is 6.92 Å². The molecule has 4 nitrogen and oxygen atoms in total. The molecule has 0 saturated heterocycles. The van der Waals surface area contributed by atoms with E-state index in [-0.39, 0.29) is 23.0 Å². The quantitative estimate of drug-likeness (QED) is 0.614. The molecule has 0 unspecified atom stereocenters. The van der Waals surface area contributed by atoms with E-state index in [1.165, 1.54) is 35.3 Å². The molecule has 0 saturated carbocycles. The van der Waals surface area contributed by atoms with Crippen LogP contribution in [0.2, 0.25) is 0 Å². The second kappa shape index (κ2) is 7.82. The van der Waals surface area contributed by atoms with Crippen LogP contribution in [-0.4, -0.2) is 30.3 Å². The van der Waals surface area contributed by atoms with Crippen LogP contribution in [0.4, 0.5) is 0 Å². The first-order valence-electron chi connectivity index (χ1n) is 6.48. The highest BCUT2D eigenvalue weighted by Crippen LogP contribution is 2.16. The van der Waals surface area contributed by atoms with Gasteiger partial charge in [-0.15, -0.1) is 23.1 Å². The molecule has 6 heteroatoms. The summed E-state index contributed by atoms with van der Waals surface area (Å²) in [5.41, 5.74) is 0.266. The number of ketones is 2. The first kappa shape index (κ1) is 16.3. The van der Waals surface area contributed by atoms with Gasteiger partial charge in [0, 0.05) is 34.4 Å². The van der Waals surface area contributed by atoms with Crippen molar-refractivity contribution in [3.05, 3.63) is 56.9 Å². The fourth-order valence-corrected chi connectivity index (χ4v) is 2.60. The maximum absolute atomic E-state index is 12.0. The van der Waals surface area contributed by atoms with Crippen LogP contribution in [-0.2, 0) is 9.59 Å². The predicted octanol–water partition coefficient (Wildman–Crippen LogP) is 3.42. The van der Waals surface area contributed by atoms with Crippen molar-refractivity contribution in [2.24, 2.45) is 9.98 Å². The molecule has 112 valence electrons. The molecular weight excluding hydrogens is 316 g/mol. The summed E-state index contributed by atoms with van der Waals surface area (Å²) in [7, 11) is 0. The van der Waals surface area contributed by atoms with Gasteiger partial charge >= 0.3 is 0 Å². The Labute approximate surface area is 137 Å². The average molecular weight is 330 g/mol. The first-order valence-corrected chi connectivity index (χ1v) is 8.58. The zero-order valence-electron chi connectivity index (χ0n) is 12.1. The molecule has 0 aliphatic heterocycles. The number of allylic oxidation sites excluding steroid dienone is 4. The van der Waals surface area contributed by atoms with E-state index in [2.05, 4.69) is 9.98 Å². The second-order valence-corrected chi connectivity index (χ2v) is 6.07. The number of rotatable bonds is 5. The number of aliphatic imine (C=N–C) groups is 2. The fourth-order valence-electron chi connectivity index (χ4n) is 1.62. The second-order valence-electron chi connectivity index (χ2n) is 4.21. The van der Waals surface area contributed by atoms with E-state index in [9.17, 15) is 9.59 Å². The standard InChI is InChI=1S/C16H14N2O2S2/c1-3-11(21-2)9-17-13-7-16(20)14(8-15(13)19)18-10-12-5-4-6-22-12/h3-10H,1-2H3/b11-3-,17-9?,18-10?. The predicted molar refractivity (Wildman–Crippen MR) is 93.9 cm³/mol. The molecule has 0 N–H and O–H groups in total. The zero-order chi connectivity index (χ0) is 15.9. The van der Waals surface area contributed by atoms with Gasteiger partial charge in [-0.25, -0.2) is 0 Å². The minimum absolute atomic E-state index is 0.133. The van der Waals surface area contributed by atoms with Gasteiger partial charge in [0.1, 0.15) is 11.4 Å². The van der Waals surface area contributed by atoms with Gasteiger partial charge in [0.15, 0.2) is 0 Å². The molecule has 1 aromatic heterocycles. The van der Waals surface area contributed by atoms with Crippen molar-refractivity contribution in [1.82, 2.24) is 0 Å². The summed E-state index contributed by atoms with van der Waals surface area (Å²) >= 11 is 3.03. The van der Waals surface area contributed by atoms with Crippen LogP contribution in [0, 0.1) is 0 Å². The maximum atomic E-state index is 12.0. The van der Waals surface area contributed by atoms with Gasteiger partial charge in [-0.2, -0.15) is 0 Å². The molecule has 0 radical (unpaired) electrons. The fraction of sp³-hybridized carbons (Fsp3) is 0.125. The summed E-state index contributed by atoms with van der Waals surface area (Å²) in [4.78, 5) is 34.0. The SMILES string of the molecule is C/C=C(/C=NC1=CC(=O)C(N=Cc2cccs2)=CC1=O)SC. The van der Waals surface area contributed by atoms with Crippen LogP contribution < -0.4 is 0 Å². The van der Waals surface area contributed by atoms with Gasteiger partial charge in [-0.05, 0) is 24.6 Å². The van der Waals surface area contributed by atoms with Gasteiger partial charge in [0.25, 0.3) is 0 Å². The molecule has 0 aromatic carbocycles. The van der Waals surface area contributed by atoms with E-state index in [0.29, 0.717) is 0 Å². The van der Waals surface area contributed by atoms with Gasteiger partial charge in [0.05, 0.1) is 0 Å². The third-order valence-electron chi connectivity index (χ3n) is 2.77. The van der Waals surface area contributed by atoms with E-state index in [1.807, 2.05) is 36.8 Å². The summed E-state index contributed by atoms with van der Waals surface area (Å²) in [6.45, 7) is 1.89. The molecule has 2 rings (SSSR count). The number of thiophene rings is 1. The van der Waals surface area contributed by atoms with Crippen molar-refractivity contribution in [2.75, 3.05) is 6.26 Å². The molecule has 0 bridgehead atoms. The third-order valence-corrected chi connectivity index (χ3v) is 4.39. The molecule has 22 heavy (non-hydrogen) atoms. The number of thioether (sulfide) groups is 1. The zero-order valence-corrected chi connectivity index (χ0v) is 13.8. The largest absolute Gasteiger partial charge is 0.287 e. The van der Waals surface area contributed by atoms with Crippen molar-refractivity contribution in [1.29, 1.82) is 0 Å². The lowest BCUT2D eigenvalue weighted by molar-refractivity contribution is -0.115. The summed E-state index contributed by atoms with van der Waals surface area (Å²) in [6.07, 6.45) is 9.42.